The molecular formula is C34H44F2. The Morgan fingerprint density at radius 2 is 0.917 bits per heavy atom. The summed E-state index contributed by atoms with van der Waals surface area (Å²) in [5, 5.41) is 0. The molecule has 0 radical (unpaired) electrons. The zero-order valence-corrected chi connectivity index (χ0v) is 22.4. The van der Waals surface area contributed by atoms with Gasteiger partial charge in [0.25, 0.3) is 0 Å². The van der Waals surface area contributed by atoms with Crippen LogP contribution in [-0.4, -0.2) is 0 Å². The third-order valence-electron chi connectivity index (χ3n) is 7.26. The normalized spacial score (nSPS) is 11.2. The monoisotopic (exact) mass is 490 g/mol. The number of unbranched alkanes of at least 4 members (excludes halogenated alkanes) is 10. The van der Waals surface area contributed by atoms with Crippen LogP contribution in [0.4, 0.5) is 8.78 Å². The first-order valence-corrected chi connectivity index (χ1v) is 14.3. The van der Waals surface area contributed by atoms with Crippen LogP contribution in [0.3, 0.4) is 0 Å². The van der Waals surface area contributed by atoms with E-state index in [9.17, 15) is 8.78 Å². The molecule has 3 rings (SSSR count). The smallest absolute Gasteiger partial charge is 0.166 e. The Kier molecular flexibility index (Phi) is 12.2. The second-order valence-electron chi connectivity index (χ2n) is 10.2. The molecule has 0 fully saturated rings. The Balaban J connectivity index is 1.55. The highest BCUT2D eigenvalue weighted by atomic mass is 19.2. The first kappa shape index (κ1) is 28.1. The van der Waals surface area contributed by atoms with Crippen molar-refractivity contribution in [3.05, 3.63) is 83.4 Å². The van der Waals surface area contributed by atoms with Gasteiger partial charge in [0.15, 0.2) is 11.6 Å². The van der Waals surface area contributed by atoms with Crippen LogP contribution >= 0.6 is 0 Å². The molecular weight excluding hydrogens is 446 g/mol. The fourth-order valence-corrected chi connectivity index (χ4v) is 4.92. The van der Waals surface area contributed by atoms with Gasteiger partial charge < -0.3 is 0 Å². The highest BCUT2D eigenvalue weighted by Crippen LogP contribution is 2.30. The van der Waals surface area contributed by atoms with Crippen molar-refractivity contribution in [3.8, 4) is 22.3 Å². The lowest BCUT2D eigenvalue weighted by atomic mass is 9.96. The molecule has 0 aliphatic heterocycles. The Bertz CT molecular complexity index is 1020. The third kappa shape index (κ3) is 8.57. The summed E-state index contributed by atoms with van der Waals surface area (Å²) in [4.78, 5) is 0. The van der Waals surface area contributed by atoms with Gasteiger partial charge in [-0.1, -0.05) is 139 Å². The van der Waals surface area contributed by atoms with Crippen molar-refractivity contribution in [2.45, 2.75) is 104 Å². The van der Waals surface area contributed by atoms with Gasteiger partial charge in [0, 0.05) is 5.56 Å². The number of hydrogen-bond donors (Lipinski definition) is 0. The third-order valence-corrected chi connectivity index (χ3v) is 7.26. The maximum Gasteiger partial charge on any atom is 0.166 e. The molecule has 0 spiro atoms. The molecule has 0 amide bonds. The van der Waals surface area contributed by atoms with Crippen molar-refractivity contribution in [2.75, 3.05) is 0 Å². The quantitative estimate of drug-likeness (QED) is 0.175. The van der Waals surface area contributed by atoms with Crippen LogP contribution in [0.25, 0.3) is 22.3 Å². The van der Waals surface area contributed by atoms with Crippen molar-refractivity contribution in [3.63, 3.8) is 0 Å². The van der Waals surface area contributed by atoms with Gasteiger partial charge in [0.1, 0.15) is 0 Å². The van der Waals surface area contributed by atoms with Gasteiger partial charge in [-0.2, -0.15) is 0 Å². The molecule has 194 valence electrons. The Morgan fingerprint density at radius 1 is 0.444 bits per heavy atom. The van der Waals surface area contributed by atoms with E-state index in [-0.39, 0.29) is 0 Å². The molecule has 0 saturated heterocycles. The Labute approximate surface area is 218 Å². The predicted molar refractivity (Wildman–Crippen MR) is 151 cm³/mol. The molecule has 0 aliphatic rings. The summed E-state index contributed by atoms with van der Waals surface area (Å²) in [6.07, 6.45) is 16.4. The maximum atomic E-state index is 14.9. The summed E-state index contributed by atoms with van der Waals surface area (Å²) >= 11 is 0. The molecule has 0 bridgehead atoms. The highest BCUT2D eigenvalue weighted by molar-refractivity contribution is 5.71. The first-order valence-electron chi connectivity index (χ1n) is 14.3. The van der Waals surface area contributed by atoms with Gasteiger partial charge in [0.05, 0.1) is 0 Å². The molecule has 0 atom stereocenters. The molecule has 3 aromatic rings. The van der Waals surface area contributed by atoms with Gasteiger partial charge in [-0.15, -0.1) is 0 Å². The SMILES string of the molecule is CCCCCCCCCc1ccc(-c2ccc(-c3ccc(CCCCCCC)cc3)cc2)c(F)c1F. The summed E-state index contributed by atoms with van der Waals surface area (Å²) in [5.74, 6) is -1.42. The van der Waals surface area contributed by atoms with Crippen molar-refractivity contribution in [2.24, 2.45) is 0 Å². The lowest BCUT2D eigenvalue weighted by molar-refractivity contribution is 0.497. The van der Waals surface area contributed by atoms with Gasteiger partial charge in [0.2, 0.25) is 0 Å². The van der Waals surface area contributed by atoms with Gasteiger partial charge in [-0.25, -0.2) is 8.78 Å². The summed E-state index contributed by atoms with van der Waals surface area (Å²) in [6.45, 7) is 4.46. The molecule has 0 saturated carbocycles. The lowest BCUT2D eigenvalue weighted by Gasteiger charge is -2.10. The molecule has 3 aromatic carbocycles. The van der Waals surface area contributed by atoms with Crippen LogP contribution in [0.2, 0.25) is 0 Å². The average molecular weight is 491 g/mol. The van der Waals surface area contributed by atoms with Crippen molar-refractivity contribution in [1.29, 1.82) is 0 Å². The van der Waals surface area contributed by atoms with Gasteiger partial charge >= 0.3 is 0 Å². The van der Waals surface area contributed by atoms with E-state index in [0.29, 0.717) is 23.1 Å². The van der Waals surface area contributed by atoms with E-state index in [0.717, 1.165) is 30.4 Å². The number of halogens is 2. The topological polar surface area (TPSA) is 0 Å². The fraction of sp³-hybridized carbons (Fsp3) is 0.471. The van der Waals surface area contributed by atoms with E-state index in [2.05, 4.69) is 38.1 Å². The van der Waals surface area contributed by atoms with E-state index in [1.165, 1.54) is 69.8 Å². The number of aryl methyl sites for hydroxylation is 2. The van der Waals surface area contributed by atoms with Crippen molar-refractivity contribution < 1.29 is 8.78 Å². The van der Waals surface area contributed by atoms with Crippen LogP contribution in [0.15, 0.2) is 60.7 Å². The second-order valence-corrected chi connectivity index (χ2v) is 10.2. The van der Waals surface area contributed by atoms with Crippen molar-refractivity contribution in [1.82, 2.24) is 0 Å². The molecule has 0 aromatic heterocycles. The molecule has 0 N–H and O–H groups in total. The number of benzene rings is 3. The van der Waals surface area contributed by atoms with E-state index >= 15 is 0 Å². The van der Waals surface area contributed by atoms with Crippen LogP contribution in [-0.2, 0) is 12.8 Å². The number of hydrogen-bond acceptors (Lipinski definition) is 0. The van der Waals surface area contributed by atoms with Crippen molar-refractivity contribution >= 4 is 0 Å². The molecule has 36 heavy (non-hydrogen) atoms. The summed E-state index contributed by atoms with van der Waals surface area (Å²) < 4.78 is 29.7. The van der Waals surface area contributed by atoms with Crippen LogP contribution in [0.5, 0.6) is 0 Å². The summed E-state index contributed by atoms with van der Waals surface area (Å²) in [7, 11) is 0. The maximum absolute atomic E-state index is 14.9. The summed E-state index contributed by atoms with van der Waals surface area (Å²) in [6, 6.07) is 20.0. The zero-order chi connectivity index (χ0) is 25.6. The molecule has 0 nitrogen and oxygen atoms in total. The van der Waals surface area contributed by atoms with E-state index in [4.69, 9.17) is 0 Å². The fourth-order valence-electron chi connectivity index (χ4n) is 4.92. The standard InChI is InChI=1S/C34H44F2/c1-3-5-7-9-10-12-14-16-31-25-26-32(34(36)33(31)35)30-23-21-29(22-24-30)28-19-17-27(18-20-28)15-13-11-8-6-4-2/h17-26H,3-16H2,1-2H3. The molecule has 0 heterocycles. The minimum absolute atomic E-state index is 0.334. The van der Waals surface area contributed by atoms with Crippen LogP contribution in [0.1, 0.15) is 102 Å². The average Bonchev–Trinajstić information content (AvgIpc) is 2.91. The predicted octanol–water partition coefficient (Wildman–Crippen LogP) is 11.1. The lowest BCUT2D eigenvalue weighted by Crippen LogP contribution is -1.98. The minimum Gasteiger partial charge on any atom is -0.203 e. The Morgan fingerprint density at radius 3 is 1.50 bits per heavy atom. The van der Waals surface area contributed by atoms with Crippen LogP contribution < -0.4 is 0 Å². The highest BCUT2D eigenvalue weighted by Gasteiger charge is 2.14. The zero-order valence-electron chi connectivity index (χ0n) is 22.4. The van der Waals surface area contributed by atoms with E-state index in [1.54, 1.807) is 12.1 Å². The van der Waals surface area contributed by atoms with Gasteiger partial charge in [-0.3, -0.25) is 0 Å². The Hall–Kier alpha value is -2.48. The number of rotatable bonds is 16. The molecule has 0 unspecified atom stereocenters. The van der Waals surface area contributed by atoms with E-state index < -0.39 is 11.6 Å². The van der Waals surface area contributed by atoms with Crippen LogP contribution in [0, 0.1) is 11.6 Å². The largest absolute Gasteiger partial charge is 0.203 e. The summed E-state index contributed by atoms with van der Waals surface area (Å²) in [5.41, 5.74) is 5.15. The first-order chi connectivity index (χ1) is 17.6. The molecule has 2 heteroatoms. The van der Waals surface area contributed by atoms with E-state index in [1.807, 2.05) is 24.3 Å². The second kappa shape index (κ2) is 15.6. The minimum atomic E-state index is -0.730. The van der Waals surface area contributed by atoms with Gasteiger partial charge in [-0.05, 0) is 53.5 Å². The molecule has 0 aliphatic carbocycles.